The molecule has 7 heteroatoms. The molecule has 0 amide bonds. The molecule has 0 aliphatic rings. The molecule has 6 nitrogen and oxygen atoms in total. The van der Waals surface area contributed by atoms with Crippen molar-refractivity contribution in [3.05, 3.63) is 33.6 Å². The number of thiazole rings is 1. The standard InChI is InChI=1S/C11H12N2O4S/c1-7-10(18-6-12-7)2-3-16-5-8-4-9(11(14)15)13-17-8/h4,6H,2-3,5H2,1H3,(H,14,15). The van der Waals surface area contributed by atoms with Gasteiger partial charge in [-0.3, -0.25) is 0 Å². The smallest absolute Gasteiger partial charge is 0.358 e. The number of carboxylic acid groups (broad SMARTS) is 1. The van der Waals surface area contributed by atoms with Gasteiger partial charge in [0.25, 0.3) is 0 Å². The summed E-state index contributed by atoms with van der Waals surface area (Å²) in [6.07, 6.45) is 0.788. The van der Waals surface area contributed by atoms with Crippen LogP contribution < -0.4 is 0 Å². The maximum absolute atomic E-state index is 10.6. The summed E-state index contributed by atoms with van der Waals surface area (Å²) in [7, 11) is 0. The average Bonchev–Trinajstić information content (AvgIpc) is 2.94. The zero-order valence-electron chi connectivity index (χ0n) is 9.75. The van der Waals surface area contributed by atoms with Gasteiger partial charge in [0.1, 0.15) is 6.61 Å². The number of carbonyl (C=O) groups is 1. The lowest BCUT2D eigenvalue weighted by atomic mass is 10.3. The van der Waals surface area contributed by atoms with E-state index in [0.717, 1.165) is 12.1 Å². The maximum Gasteiger partial charge on any atom is 0.358 e. The van der Waals surface area contributed by atoms with E-state index in [1.807, 2.05) is 6.92 Å². The SMILES string of the molecule is Cc1ncsc1CCOCc1cc(C(=O)O)no1. The predicted octanol–water partition coefficient (Wildman–Crippen LogP) is 1.90. The molecule has 0 unspecified atom stereocenters. The van der Waals surface area contributed by atoms with Crippen LogP contribution in [0.5, 0.6) is 0 Å². The van der Waals surface area contributed by atoms with E-state index in [-0.39, 0.29) is 12.3 Å². The van der Waals surface area contributed by atoms with Crippen molar-refractivity contribution in [1.29, 1.82) is 0 Å². The lowest BCUT2D eigenvalue weighted by Gasteiger charge is -2.00. The molecule has 0 bridgehead atoms. The summed E-state index contributed by atoms with van der Waals surface area (Å²) in [5, 5.41) is 12.1. The Morgan fingerprint density at radius 2 is 2.44 bits per heavy atom. The normalized spacial score (nSPS) is 10.7. The minimum atomic E-state index is -1.11. The van der Waals surface area contributed by atoms with Crippen LogP contribution in [0, 0.1) is 6.92 Å². The fraction of sp³-hybridized carbons (Fsp3) is 0.364. The zero-order chi connectivity index (χ0) is 13.0. The van der Waals surface area contributed by atoms with Crippen LogP contribution in [0.1, 0.15) is 26.8 Å². The summed E-state index contributed by atoms with van der Waals surface area (Å²) in [4.78, 5) is 15.9. The van der Waals surface area contributed by atoms with Gasteiger partial charge >= 0.3 is 5.97 Å². The van der Waals surface area contributed by atoms with Crippen molar-refractivity contribution in [3.63, 3.8) is 0 Å². The molecular weight excluding hydrogens is 256 g/mol. The zero-order valence-corrected chi connectivity index (χ0v) is 10.6. The number of rotatable bonds is 6. The molecule has 0 spiro atoms. The molecule has 96 valence electrons. The van der Waals surface area contributed by atoms with Crippen molar-refractivity contribution in [2.24, 2.45) is 0 Å². The maximum atomic E-state index is 10.6. The van der Waals surface area contributed by atoms with Gasteiger partial charge in [-0.05, 0) is 6.92 Å². The third-order valence-electron chi connectivity index (χ3n) is 2.34. The van der Waals surface area contributed by atoms with Gasteiger partial charge in [0.2, 0.25) is 0 Å². The Labute approximate surface area is 107 Å². The fourth-order valence-corrected chi connectivity index (χ4v) is 2.15. The van der Waals surface area contributed by atoms with Crippen molar-refractivity contribution in [1.82, 2.24) is 10.1 Å². The number of ether oxygens (including phenoxy) is 1. The van der Waals surface area contributed by atoms with Crippen molar-refractivity contribution in [2.75, 3.05) is 6.61 Å². The average molecular weight is 268 g/mol. The number of hydrogen-bond donors (Lipinski definition) is 1. The van der Waals surface area contributed by atoms with E-state index in [4.69, 9.17) is 14.4 Å². The molecule has 0 atom stereocenters. The van der Waals surface area contributed by atoms with Crippen molar-refractivity contribution in [2.45, 2.75) is 20.0 Å². The Hall–Kier alpha value is -1.73. The highest BCUT2D eigenvalue weighted by atomic mass is 32.1. The second-order valence-corrected chi connectivity index (χ2v) is 4.59. The third-order valence-corrected chi connectivity index (χ3v) is 3.34. The Bertz CT molecular complexity index is 535. The molecule has 2 rings (SSSR count). The van der Waals surface area contributed by atoms with E-state index in [1.165, 1.54) is 10.9 Å². The van der Waals surface area contributed by atoms with Crippen LogP contribution >= 0.6 is 11.3 Å². The second kappa shape index (κ2) is 5.74. The van der Waals surface area contributed by atoms with Gasteiger partial charge < -0.3 is 14.4 Å². The fourth-order valence-electron chi connectivity index (χ4n) is 1.39. The van der Waals surface area contributed by atoms with Crippen LogP contribution in [0.3, 0.4) is 0 Å². The number of nitrogens with zero attached hydrogens (tertiary/aromatic N) is 2. The van der Waals surface area contributed by atoms with Crippen LogP contribution in [0.15, 0.2) is 16.1 Å². The molecule has 2 aromatic heterocycles. The highest BCUT2D eigenvalue weighted by molar-refractivity contribution is 7.09. The first-order chi connectivity index (χ1) is 8.66. The molecule has 0 fully saturated rings. The number of hydrogen-bond acceptors (Lipinski definition) is 6. The van der Waals surface area contributed by atoms with E-state index in [2.05, 4.69) is 10.1 Å². The Kier molecular flexibility index (Phi) is 4.06. The number of carboxylic acids is 1. The molecule has 18 heavy (non-hydrogen) atoms. The summed E-state index contributed by atoms with van der Waals surface area (Å²) < 4.78 is 10.2. The molecule has 2 aromatic rings. The second-order valence-electron chi connectivity index (χ2n) is 3.65. The van der Waals surface area contributed by atoms with Crippen LogP contribution in [-0.4, -0.2) is 27.8 Å². The van der Waals surface area contributed by atoms with Gasteiger partial charge in [0.15, 0.2) is 11.5 Å². The van der Waals surface area contributed by atoms with E-state index >= 15 is 0 Å². The highest BCUT2D eigenvalue weighted by Gasteiger charge is 2.10. The molecular formula is C11H12N2O4S. The van der Waals surface area contributed by atoms with E-state index in [0.29, 0.717) is 12.4 Å². The van der Waals surface area contributed by atoms with Gasteiger partial charge in [-0.15, -0.1) is 11.3 Å². The Morgan fingerprint density at radius 1 is 1.61 bits per heavy atom. The predicted molar refractivity (Wildman–Crippen MR) is 63.7 cm³/mol. The van der Waals surface area contributed by atoms with Crippen LogP contribution in [0.25, 0.3) is 0 Å². The van der Waals surface area contributed by atoms with Crippen LogP contribution in [0.2, 0.25) is 0 Å². The Morgan fingerprint density at radius 3 is 3.06 bits per heavy atom. The largest absolute Gasteiger partial charge is 0.476 e. The van der Waals surface area contributed by atoms with Crippen molar-refractivity contribution < 1.29 is 19.2 Å². The topological polar surface area (TPSA) is 85.5 Å². The highest BCUT2D eigenvalue weighted by Crippen LogP contribution is 2.13. The van der Waals surface area contributed by atoms with Gasteiger partial charge in [0, 0.05) is 17.4 Å². The molecule has 0 saturated carbocycles. The minimum absolute atomic E-state index is 0.105. The summed E-state index contributed by atoms with van der Waals surface area (Å²) >= 11 is 1.60. The third kappa shape index (κ3) is 3.14. The first-order valence-electron chi connectivity index (χ1n) is 5.32. The van der Waals surface area contributed by atoms with Crippen LogP contribution in [0.4, 0.5) is 0 Å². The molecule has 1 N–H and O–H groups in total. The van der Waals surface area contributed by atoms with Gasteiger partial charge in [-0.1, -0.05) is 5.16 Å². The minimum Gasteiger partial charge on any atom is -0.476 e. The van der Waals surface area contributed by atoms with Gasteiger partial charge in [0.05, 0.1) is 17.8 Å². The first-order valence-corrected chi connectivity index (χ1v) is 6.20. The van der Waals surface area contributed by atoms with E-state index in [9.17, 15) is 4.79 Å². The van der Waals surface area contributed by atoms with Crippen LogP contribution in [-0.2, 0) is 17.8 Å². The molecule has 0 radical (unpaired) electrons. The lowest BCUT2D eigenvalue weighted by molar-refractivity contribution is 0.0684. The number of aryl methyl sites for hydroxylation is 1. The summed E-state index contributed by atoms with van der Waals surface area (Å²) in [5.74, 6) is -0.696. The molecule has 0 saturated heterocycles. The molecule has 0 aliphatic carbocycles. The molecule has 0 aliphatic heterocycles. The molecule has 0 aromatic carbocycles. The van der Waals surface area contributed by atoms with Crippen molar-refractivity contribution >= 4 is 17.3 Å². The first kappa shape index (κ1) is 12.7. The van der Waals surface area contributed by atoms with Gasteiger partial charge in [-0.2, -0.15) is 0 Å². The number of aromatic carboxylic acids is 1. The summed E-state index contributed by atoms with van der Waals surface area (Å²) in [6, 6.07) is 1.36. The monoisotopic (exact) mass is 268 g/mol. The van der Waals surface area contributed by atoms with E-state index in [1.54, 1.807) is 16.8 Å². The summed E-state index contributed by atoms with van der Waals surface area (Å²) in [5.41, 5.74) is 2.73. The lowest BCUT2D eigenvalue weighted by Crippen LogP contribution is -1.98. The van der Waals surface area contributed by atoms with E-state index < -0.39 is 5.97 Å². The van der Waals surface area contributed by atoms with Gasteiger partial charge in [-0.25, -0.2) is 9.78 Å². The quantitative estimate of drug-likeness (QED) is 0.805. The summed E-state index contributed by atoms with van der Waals surface area (Å²) in [6.45, 7) is 2.71. The molecule has 2 heterocycles. The number of aromatic nitrogens is 2. The Balaban J connectivity index is 1.75. The van der Waals surface area contributed by atoms with Crippen molar-refractivity contribution in [3.8, 4) is 0 Å².